The van der Waals surface area contributed by atoms with Crippen molar-refractivity contribution in [1.82, 2.24) is 4.57 Å². The van der Waals surface area contributed by atoms with E-state index >= 15 is 0 Å². The Bertz CT molecular complexity index is 901. The number of benzene rings is 2. The second kappa shape index (κ2) is 5.38. The molecule has 2 aromatic carbocycles. The molecule has 4 nitrogen and oxygen atoms in total. The van der Waals surface area contributed by atoms with Crippen molar-refractivity contribution in [2.45, 2.75) is 6.18 Å². The maximum atomic E-state index is 12.6. The van der Waals surface area contributed by atoms with Gasteiger partial charge < -0.3 is 4.57 Å². The molecule has 0 amide bonds. The highest BCUT2D eigenvalue weighted by molar-refractivity contribution is 9.10. The van der Waals surface area contributed by atoms with Crippen molar-refractivity contribution in [2.75, 3.05) is 0 Å². The Balaban J connectivity index is 2.12. The minimum atomic E-state index is -4.39. The quantitative estimate of drug-likeness (QED) is 0.443. The summed E-state index contributed by atoms with van der Waals surface area (Å²) in [5.74, 6) is 0. The van der Waals surface area contributed by atoms with Crippen LogP contribution in [0.15, 0.2) is 53.1 Å². The number of nitro groups is 1. The third-order valence-corrected chi connectivity index (χ3v) is 4.05. The summed E-state index contributed by atoms with van der Waals surface area (Å²) in [6.45, 7) is 0. The second-order valence-corrected chi connectivity index (χ2v) is 5.70. The van der Waals surface area contributed by atoms with Gasteiger partial charge in [0.05, 0.1) is 16.0 Å². The molecule has 118 valence electrons. The first-order chi connectivity index (χ1) is 10.8. The summed E-state index contributed by atoms with van der Waals surface area (Å²) in [5, 5.41) is 11.5. The van der Waals surface area contributed by atoms with Crippen LogP contribution in [0, 0.1) is 10.1 Å². The van der Waals surface area contributed by atoms with E-state index in [-0.39, 0.29) is 5.69 Å². The van der Waals surface area contributed by atoms with E-state index < -0.39 is 16.7 Å². The lowest BCUT2D eigenvalue weighted by molar-refractivity contribution is -0.384. The van der Waals surface area contributed by atoms with Gasteiger partial charge >= 0.3 is 6.18 Å². The van der Waals surface area contributed by atoms with E-state index in [9.17, 15) is 23.3 Å². The maximum absolute atomic E-state index is 12.6. The summed E-state index contributed by atoms with van der Waals surface area (Å²) in [7, 11) is 0. The fraction of sp³-hybridized carbons (Fsp3) is 0.0667. The second-order valence-electron chi connectivity index (χ2n) is 4.85. The molecule has 0 fully saturated rings. The Hall–Kier alpha value is -2.35. The van der Waals surface area contributed by atoms with Gasteiger partial charge in [-0.1, -0.05) is 0 Å². The molecule has 3 aromatic rings. The zero-order valence-electron chi connectivity index (χ0n) is 11.3. The molecule has 0 aliphatic rings. The van der Waals surface area contributed by atoms with E-state index in [2.05, 4.69) is 15.9 Å². The fourth-order valence-electron chi connectivity index (χ4n) is 2.32. The molecule has 3 rings (SSSR count). The van der Waals surface area contributed by atoms with E-state index in [4.69, 9.17) is 0 Å². The molecule has 0 bridgehead atoms. The molecule has 0 spiro atoms. The maximum Gasteiger partial charge on any atom is 0.416 e. The summed E-state index contributed by atoms with van der Waals surface area (Å²) >= 11 is 3.32. The van der Waals surface area contributed by atoms with E-state index in [0.717, 1.165) is 12.1 Å². The van der Waals surface area contributed by atoms with Crippen LogP contribution in [0.1, 0.15) is 5.56 Å². The number of aromatic nitrogens is 1. The Morgan fingerprint density at radius 3 is 2.30 bits per heavy atom. The summed E-state index contributed by atoms with van der Waals surface area (Å²) < 4.78 is 40.2. The minimum Gasteiger partial charge on any atom is -0.315 e. The zero-order valence-corrected chi connectivity index (χ0v) is 12.9. The van der Waals surface area contributed by atoms with Crippen molar-refractivity contribution in [3.63, 3.8) is 0 Å². The van der Waals surface area contributed by atoms with Crippen LogP contribution in [0.5, 0.6) is 0 Å². The average Bonchev–Trinajstić information content (AvgIpc) is 2.83. The van der Waals surface area contributed by atoms with Gasteiger partial charge in [0.15, 0.2) is 0 Å². The minimum absolute atomic E-state index is 0.0524. The van der Waals surface area contributed by atoms with Crippen molar-refractivity contribution in [3.05, 3.63) is 68.8 Å². The number of fused-ring (bicyclic) bond motifs is 1. The van der Waals surface area contributed by atoms with Gasteiger partial charge in [-0.3, -0.25) is 10.1 Å². The van der Waals surface area contributed by atoms with Gasteiger partial charge in [-0.05, 0) is 46.3 Å². The molecule has 1 aromatic heterocycles. The molecule has 8 heteroatoms. The number of nitrogens with zero attached hydrogens (tertiary/aromatic N) is 2. The van der Waals surface area contributed by atoms with Crippen LogP contribution in [0.4, 0.5) is 18.9 Å². The lowest BCUT2D eigenvalue weighted by Gasteiger charge is -2.09. The summed E-state index contributed by atoms with van der Waals surface area (Å²) in [6, 6.07) is 9.05. The first-order valence-corrected chi connectivity index (χ1v) is 7.19. The van der Waals surface area contributed by atoms with E-state index in [1.165, 1.54) is 24.3 Å². The number of alkyl halides is 3. The molecular formula is C15H8BrF3N2O2. The molecule has 0 aliphatic heterocycles. The molecule has 0 unspecified atom stereocenters. The lowest BCUT2D eigenvalue weighted by Crippen LogP contribution is -2.04. The first-order valence-electron chi connectivity index (χ1n) is 6.40. The van der Waals surface area contributed by atoms with Crippen molar-refractivity contribution < 1.29 is 18.1 Å². The number of non-ortho nitro benzene ring substituents is 1. The summed E-state index contributed by atoms with van der Waals surface area (Å²) in [5.41, 5.74) is 0.403. The highest BCUT2D eigenvalue weighted by Crippen LogP contribution is 2.33. The SMILES string of the molecule is O=[N+]([O-])c1ccc2c(c1)c(Br)cn2-c1ccc(C(F)(F)F)cc1. The number of hydrogen-bond acceptors (Lipinski definition) is 2. The van der Waals surface area contributed by atoms with Crippen molar-refractivity contribution in [3.8, 4) is 5.69 Å². The van der Waals surface area contributed by atoms with Gasteiger partial charge in [0.2, 0.25) is 0 Å². The zero-order chi connectivity index (χ0) is 16.8. The van der Waals surface area contributed by atoms with Crippen LogP contribution in [0.25, 0.3) is 16.6 Å². The highest BCUT2D eigenvalue weighted by atomic mass is 79.9. The topological polar surface area (TPSA) is 48.1 Å². The third kappa shape index (κ3) is 2.81. The van der Waals surface area contributed by atoms with Crippen molar-refractivity contribution >= 4 is 32.5 Å². The monoisotopic (exact) mass is 384 g/mol. The van der Waals surface area contributed by atoms with Crippen LogP contribution in [0.3, 0.4) is 0 Å². The van der Waals surface area contributed by atoms with E-state index in [0.29, 0.717) is 21.1 Å². The number of halogens is 4. The number of hydrogen-bond donors (Lipinski definition) is 0. The van der Waals surface area contributed by atoms with Crippen molar-refractivity contribution in [1.29, 1.82) is 0 Å². The molecule has 0 aliphatic carbocycles. The molecule has 0 N–H and O–H groups in total. The van der Waals surface area contributed by atoms with Gasteiger partial charge in [0.1, 0.15) is 0 Å². The van der Waals surface area contributed by atoms with Crippen LogP contribution >= 0.6 is 15.9 Å². The van der Waals surface area contributed by atoms with Gasteiger partial charge in [0, 0.05) is 33.9 Å². The smallest absolute Gasteiger partial charge is 0.315 e. The molecule has 1 heterocycles. The van der Waals surface area contributed by atoms with Gasteiger partial charge in [0.25, 0.3) is 5.69 Å². The number of rotatable bonds is 2. The summed E-state index contributed by atoms with van der Waals surface area (Å²) in [4.78, 5) is 10.3. The molecule has 0 radical (unpaired) electrons. The van der Waals surface area contributed by atoms with Crippen LogP contribution < -0.4 is 0 Å². The van der Waals surface area contributed by atoms with Gasteiger partial charge in [-0.25, -0.2) is 0 Å². The average molecular weight is 385 g/mol. The Labute approximate surface area is 136 Å². The Kier molecular flexibility index (Phi) is 3.63. The van der Waals surface area contributed by atoms with E-state index in [1.54, 1.807) is 16.8 Å². The summed E-state index contributed by atoms with van der Waals surface area (Å²) in [6.07, 6.45) is -2.73. The van der Waals surface area contributed by atoms with Gasteiger partial charge in [-0.15, -0.1) is 0 Å². The molecule has 0 atom stereocenters. The lowest BCUT2D eigenvalue weighted by atomic mass is 10.2. The normalized spacial score (nSPS) is 11.8. The Morgan fingerprint density at radius 2 is 1.74 bits per heavy atom. The van der Waals surface area contributed by atoms with Crippen molar-refractivity contribution in [2.24, 2.45) is 0 Å². The molecule has 0 saturated heterocycles. The first kappa shape index (κ1) is 15.5. The highest BCUT2D eigenvalue weighted by Gasteiger charge is 2.30. The molecular weight excluding hydrogens is 377 g/mol. The number of nitro benzene ring substituents is 1. The molecule has 23 heavy (non-hydrogen) atoms. The predicted molar refractivity (Wildman–Crippen MR) is 82.6 cm³/mol. The van der Waals surface area contributed by atoms with Crippen LogP contribution in [-0.4, -0.2) is 9.49 Å². The van der Waals surface area contributed by atoms with Gasteiger partial charge in [-0.2, -0.15) is 13.2 Å². The molecule has 0 saturated carbocycles. The van der Waals surface area contributed by atoms with E-state index in [1.807, 2.05) is 0 Å². The predicted octanol–water partition coefficient (Wildman–Crippen LogP) is 5.32. The third-order valence-electron chi connectivity index (χ3n) is 3.42. The Morgan fingerprint density at radius 1 is 1.09 bits per heavy atom. The van der Waals surface area contributed by atoms with Crippen LogP contribution in [0.2, 0.25) is 0 Å². The van der Waals surface area contributed by atoms with Crippen LogP contribution in [-0.2, 0) is 6.18 Å². The largest absolute Gasteiger partial charge is 0.416 e. The standard InChI is InChI=1S/C15H8BrF3N2O2/c16-13-8-20(10-3-1-9(2-4-10)15(17,18)19)14-6-5-11(21(22)23)7-12(13)14/h1-8H. The fourth-order valence-corrected chi connectivity index (χ4v) is 2.84.